The Bertz CT molecular complexity index is 780. The molecule has 2 heterocycles. The summed E-state index contributed by atoms with van der Waals surface area (Å²) >= 11 is 5.27. The van der Waals surface area contributed by atoms with Crippen LogP contribution >= 0.6 is 12.2 Å². The van der Waals surface area contributed by atoms with Crippen LogP contribution in [-0.2, 0) is 13.0 Å². The molecule has 0 radical (unpaired) electrons. The monoisotopic (exact) mass is 329 g/mol. The summed E-state index contributed by atoms with van der Waals surface area (Å²) in [6, 6.07) is 9.80. The molecule has 0 fully saturated rings. The molecule has 0 spiro atoms. The maximum absolute atomic E-state index is 5.29. The molecule has 0 unspecified atom stereocenters. The van der Waals surface area contributed by atoms with Gasteiger partial charge in [0, 0.05) is 23.6 Å². The Kier molecular flexibility index (Phi) is 4.83. The van der Waals surface area contributed by atoms with Crippen molar-refractivity contribution in [3.8, 4) is 5.75 Å². The third kappa shape index (κ3) is 3.84. The van der Waals surface area contributed by atoms with Crippen molar-refractivity contribution in [3.05, 3.63) is 54.1 Å². The maximum atomic E-state index is 5.29. The second-order valence-corrected chi connectivity index (χ2v) is 5.57. The molecule has 6 heteroatoms. The van der Waals surface area contributed by atoms with Crippen molar-refractivity contribution in [2.45, 2.75) is 13.0 Å². The number of fused-ring (bicyclic) bond motifs is 1. The van der Waals surface area contributed by atoms with E-state index in [0.717, 1.165) is 30.0 Å². The lowest BCUT2D eigenvalue weighted by Crippen LogP contribution is -2.35. The molecule has 0 atom stereocenters. The highest BCUT2D eigenvalue weighted by Crippen LogP contribution is 2.23. The largest absolute Gasteiger partial charge is 0.497 e. The van der Waals surface area contributed by atoms with E-state index < -0.39 is 0 Å². The first-order valence-corrected chi connectivity index (χ1v) is 7.85. The van der Waals surface area contributed by atoms with E-state index in [1.807, 2.05) is 30.5 Å². The lowest BCUT2D eigenvalue weighted by molar-refractivity contribution is 0.415. The van der Waals surface area contributed by atoms with Crippen LogP contribution in [0.15, 0.2) is 47.2 Å². The first-order chi connectivity index (χ1) is 11.3. The zero-order valence-corrected chi connectivity index (χ0v) is 13.7. The number of hydrogen-bond acceptors (Lipinski definition) is 3. The van der Waals surface area contributed by atoms with Gasteiger partial charge in [-0.1, -0.05) is 0 Å². The third-order valence-corrected chi connectivity index (χ3v) is 3.95. The van der Waals surface area contributed by atoms with Crippen molar-refractivity contribution in [1.82, 2.24) is 15.6 Å². The first-order valence-electron chi connectivity index (χ1n) is 7.44. The summed E-state index contributed by atoms with van der Waals surface area (Å²) in [5.41, 5.74) is 2.35. The quantitative estimate of drug-likeness (QED) is 0.607. The highest BCUT2D eigenvalue weighted by atomic mass is 32.1. The fourth-order valence-electron chi connectivity index (χ4n) is 2.45. The smallest absolute Gasteiger partial charge is 0.166 e. The van der Waals surface area contributed by atoms with Crippen LogP contribution in [0.2, 0.25) is 0 Å². The Morgan fingerprint density at radius 1 is 1.30 bits per heavy atom. The molecule has 0 saturated heterocycles. The number of ether oxygens (including phenoxy) is 1. The Balaban J connectivity index is 1.51. The van der Waals surface area contributed by atoms with Crippen molar-refractivity contribution in [3.63, 3.8) is 0 Å². The summed E-state index contributed by atoms with van der Waals surface area (Å²) in [6.07, 6.45) is 4.56. The highest BCUT2D eigenvalue weighted by molar-refractivity contribution is 7.80. The molecular formula is C17H19N3O2S. The zero-order valence-electron chi connectivity index (χ0n) is 12.9. The van der Waals surface area contributed by atoms with Crippen molar-refractivity contribution in [1.29, 1.82) is 0 Å². The second kappa shape index (κ2) is 7.19. The minimum Gasteiger partial charge on any atom is -0.497 e. The fourth-order valence-corrected chi connectivity index (χ4v) is 2.62. The maximum Gasteiger partial charge on any atom is 0.166 e. The topological polar surface area (TPSA) is 62.2 Å². The summed E-state index contributed by atoms with van der Waals surface area (Å²) in [7, 11) is 1.68. The predicted molar refractivity (Wildman–Crippen MR) is 94.7 cm³/mol. The van der Waals surface area contributed by atoms with Crippen LogP contribution in [0.3, 0.4) is 0 Å². The predicted octanol–water partition coefficient (Wildman–Crippen LogP) is 2.98. The minimum absolute atomic E-state index is 0.586. The van der Waals surface area contributed by atoms with Gasteiger partial charge in [-0.2, -0.15) is 0 Å². The van der Waals surface area contributed by atoms with Gasteiger partial charge in [0.1, 0.15) is 11.5 Å². The molecule has 23 heavy (non-hydrogen) atoms. The van der Waals surface area contributed by atoms with Gasteiger partial charge >= 0.3 is 0 Å². The molecule has 3 aromatic rings. The van der Waals surface area contributed by atoms with Crippen LogP contribution in [0.4, 0.5) is 0 Å². The number of aromatic nitrogens is 1. The number of hydrogen-bond donors (Lipinski definition) is 3. The molecule has 3 rings (SSSR count). The molecule has 0 bridgehead atoms. The van der Waals surface area contributed by atoms with E-state index in [9.17, 15) is 0 Å². The third-order valence-electron chi connectivity index (χ3n) is 3.66. The number of benzene rings is 1. The molecule has 3 N–H and O–H groups in total. The van der Waals surface area contributed by atoms with E-state index in [4.69, 9.17) is 21.4 Å². The van der Waals surface area contributed by atoms with Crippen LogP contribution in [-0.4, -0.2) is 23.8 Å². The van der Waals surface area contributed by atoms with Gasteiger partial charge in [0.15, 0.2) is 5.11 Å². The van der Waals surface area contributed by atoms with Gasteiger partial charge in [-0.15, -0.1) is 0 Å². The van der Waals surface area contributed by atoms with E-state index >= 15 is 0 Å². The molecule has 5 nitrogen and oxygen atoms in total. The van der Waals surface area contributed by atoms with Crippen LogP contribution < -0.4 is 15.4 Å². The second-order valence-electron chi connectivity index (χ2n) is 5.16. The molecule has 0 saturated carbocycles. The number of furan rings is 1. The highest BCUT2D eigenvalue weighted by Gasteiger charge is 2.05. The number of thiocarbonyl (C=S) groups is 1. The van der Waals surface area contributed by atoms with Gasteiger partial charge in [-0.3, -0.25) is 0 Å². The van der Waals surface area contributed by atoms with E-state index in [-0.39, 0.29) is 0 Å². The average Bonchev–Trinajstić information content (AvgIpc) is 3.22. The molecular weight excluding hydrogens is 310 g/mol. The molecule has 0 aliphatic rings. The van der Waals surface area contributed by atoms with Crippen molar-refractivity contribution >= 4 is 28.2 Å². The Labute approximate surface area is 140 Å². The van der Waals surface area contributed by atoms with Crippen molar-refractivity contribution < 1.29 is 9.15 Å². The molecule has 120 valence electrons. The van der Waals surface area contributed by atoms with Crippen molar-refractivity contribution in [2.75, 3.05) is 13.7 Å². The SMILES string of the molecule is COc1ccc2[nH]cc(CCNC(=S)NCc3ccco3)c2c1. The summed E-state index contributed by atoms with van der Waals surface area (Å²) in [6.45, 7) is 1.34. The lowest BCUT2D eigenvalue weighted by atomic mass is 10.1. The number of nitrogens with one attached hydrogen (secondary N) is 3. The van der Waals surface area contributed by atoms with Gasteiger partial charge in [0.25, 0.3) is 0 Å². The van der Waals surface area contributed by atoms with E-state index in [1.165, 1.54) is 10.9 Å². The Morgan fingerprint density at radius 3 is 3.00 bits per heavy atom. The Hall–Kier alpha value is -2.47. The summed E-state index contributed by atoms with van der Waals surface area (Å²) in [5, 5.41) is 8.13. The number of rotatable bonds is 6. The molecule has 0 aliphatic carbocycles. The van der Waals surface area contributed by atoms with Crippen LogP contribution in [0.1, 0.15) is 11.3 Å². The van der Waals surface area contributed by atoms with Gasteiger partial charge in [-0.25, -0.2) is 0 Å². The van der Waals surface area contributed by atoms with E-state index in [0.29, 0.717) is 11.7 Å². The summed E-state index contributed by atoms with van der Waals surface area (Å²) in [5.74, 6) is 1.72. The van der Waals surface area contributed by atoms with Crippen molar-refractivity contribution in [2.24, 2.45) is 0 Å². The summed E-state index contributed by atoms with van der Waals surface area (Å²) in [4.78, 5) is 3.28. The van der Waals surface area contributed by atoms with Gasteiger partial charge in [0.05, 0.1) is 19.9 Å². The zero-order chi connectivity index (χ0) is 16.1. The van der Waals surface area contributed by atoms with Gasteiger partial charge in [-0.05, 0) is 54.5 Å². The Morgan fingerprint density at radius 2 is 2.22 bits per heavy atom. The van der Waals surface area contributed by atoms with Crippen LogP contribution in [0.25, 0.3) is 10.9 Å². The van der Waals surface area contributed by atoms with Gasteiger partial charge in [0.2, 0.25) is 0 Å². The molecule has 2 aromatic heterocycles. The van der Waals surface area contributed by atoms with Gasteiger partial charge < -0.3 is 24.8 Å². The molecule has 1 aromatic carbocycles. The number of methoxy groups -OCH3 is 1. The van der Waals surface area contributed by atoms with Crippen LogP contribution in [0, 0.1) is 0 Å². The first kappa shape index (κ1) is 15.4. The summed E-state index contributed by atoms with van der Waals surface area (Å²) < 4.78 is 10.5. The van der Waals surface area contributed by atoms with Crippen LogP contribution in [0.5, 0.6) is 5.75 Å². The van der Waals surface area contributed by atoms with E-state index in [2.05, 4.69) is 21.7 Å². The fraction of sp³-hybridized carbons (Fsp3) is 0.235. The number of aromatic amines is 1. The number of H-pyrrole nitrogens is 1. The molecule has 0 amide bonds. The normalized spacial score (nSPS) is 10.7. The average molecular weight is 329 g/mol. The standard InChI is InChI=1S/C17H19N3O2S/c1-21-13-4-5-16-15(9-13)12(10-19-16)6-7-18-17(23)20-11-14-3-2-8-22-14/h2-5,8-10,19H,6-7,11H2,1H3,(H2,18,20,23). The minimum atomic E-state index is 0.586. The lowest BCUT2D eigenvalue weighted by Gasteiger charge is -2.09. The van der Waals surface area contributed by atoms with E-state index in [1.54, 1.807) is 13.4 Å². The molecule has 0 aliphatic heterocycles.